The number of nitrogens with one attached hydrogen (secondary N) is 1. The Hall–Kier alpha value is -1.06. The molecule has 23 heavy (non-hydrogen) atoms. The van der Waals surface area contributed by atoms with Gasteiger partial charge in [0.1, 0.15) is 11.4 Å². The first-order valence-electron chi connectivity index (χ1n) is 9.28. The summed E-state index contributed by atoms with van der Waals surface area (Å²) in [6, 6.07) is 6.69. The molecule has 3 nitrogen and oxygen atoms in total. The molecule has 126 valence electrons. The Morgan fingerprint density at radius 1 is 1.09 bits per heavy atom. The molecule has 3 heterocycles. The second kappa shape index (κ2) is 5.78. The van der Waals surface area contributed by atoms with E-state index in [0.29, 0.717) is 5.41 Å². The van der Waals surface area contributed by atoms with Gasteiger partial charge in [-0.15, -0.1) is 0 Å². The molecule has 0 aliphatic carbocycles. The van der Waals surface area contributed by atoms with Gasteiger partial charge < -0.3 is 10.1 Å². The molecule has 0 aromatic heterocycles. The van der Waals surface area contributed by atoms with E-state index in [0.717, 1.165) is 13.0 Å². The van der Waals surface area contributed by atoms with Crippen LogP contribution in [0.4, 0.5) is 0 Å². The van der Waals surface area contributed by atoms with Crippen LogP contribution < -0.4 is 10.1 Å². The van der Waals surface area contributed by atoms with Gasteiger partial charge in [-0.05, 0) is 76.7 Å². The van der Waals surface area contributed by atoms with E-state index in [1.165, 1.54) is 68.7 Å². The van der Waals surface area contributed by atoms with Crippen molar-refractivity contribution < 1.29 is 4.74 Å². The van der Waals surface area contributed by atoms with Crippen molar-refractivity contribution >= 4 is 0 Å². The van der Waals surface area contributed by atoms with E-state index in [-0.39, 0.29) is 5.60 Å². The maximum Gasteiger partial charge on any atom is 0.127 e. The maximum atomic E-state index is 6.24. The normalized spacial score (nSPS) is 26.0. The zero-order valence-corrected chi connectivity index (χ0v) is 14.7. The van der Waals surface area contributed by atoms with Crippen molar-refractivity contribution in [1.82, 2.24) is 10.2 Å². The van der Waals surface area contributed by atoms with Crippen molar-refractivity contribution in [3.63, 3.8) is 0 Å². The molecule has 0 amide bonds. The minimum absolute atomic E-state index is 0.0422. The van der Waals surface area contributed by atoms with E-state index < -0.39 is 0 Å². The summed E-state index contributed by atoms with van der Waals surface area (Å²) in [7, 11) is 0. The van der Waals surface area contributed by atoms with Crippen molar-refractivity contribution in [3.8, 4) is 5.75 Å². The molecular weight excluding hydrogens is 284 g/mol. The van der Waals surface area contributed by atoms with Crippen LogP contribution in [0.5, 0.6) is 5.75 Å². The molecule has 1 aromatic carbocycles. The number of hydrogen-bond donors (Lipinski definition) is 1. The van der Waals surface area contributed by atoms with Crippen molar-refractivity contribution in [3.05, 3.63) is 29.3 Å². The molecule has 1 N–H and O–H groups in total. The highest BCUT2D eigenvalue weighted by molar-refractivity contribution is 5.45. The van der Waals surface area contributed by atoms with Crippen LogP contribution in [-0.4, -0.2) is 36.7 Å². The van der Waals surface area contributed by atoms with Gasteiger partial charge in [0.05, 0.1) is 0 Å². The first-order chi connectivity index (χ1) is 11.1. The van der Waals surface area contributed by atoms with E-state index in [4.69, 9.17) is 4.74 Å². The van der Waals surface area contributed by atoms with Gasteiger partial charge in [-0.25, -0.2) is 0 Å². The van der Waals surface area contributed by atoms with Crippen molar-refractivity contribution in [2.24, 2.45) is 5.41 Å². The predicted octanol–water partition coefficient (Wildman–Crippen LogP) is 3.37. The lowest BCUT2D eigenvalue weighted by Crippen LogP contribution is -2.45. The molecule has 0 radical (unpaired) electrons. The Morgan fingerprint density at radius 2 is 1.83 bits per heavy atom. The zero-order chi connectivity index (χ0) is 15.9. The number of piperidine rings is 2. The van der Waals surface area contributed by atoms with Crippen LogP contribution in [0.2, 0.25) is 0 Å². The largest absolute Gasteiger partial charge is 0.487 e. The van der Waals surface area contributed by atoms with Gasteiger partial charge in [0.15, 0.2) is 0 Å². The molecule has 1 aromatic rings. The average molecular weight is 314 g/mol. The average Bonchev–Trinajstić information content (AvgIpc) is 2.86. The van der Waals surface area contributed by atoms with E-state index in [2.05, 4.69) is 42.3 Å². The summed E-state index contributed by atoms with van der Waals surface area (Å²) in [4.78, 5) is 2.64. The van der Waals surface area contributed by atoms with Gasteiger partial charge in [0.2, 0.25) is 0 Å². The minimum atomic E-state index is -0.0422. The van der Waals surface area contributed by atoms with Gasteiger partial charge in [-0.2, -0.15) is 0 Å². The van der Waals surface area contributed by atoms with Crippen molar-refractivity contribution in [2.75, 3.05) is 26.2 Å². The predicted molar refractivity (Wildman–Crippen MR) is 93.9 cm³/mol. The number of rotatable bonds is 2. The molecular formula is C20H30N2O. The lowest BCUT2D eigenvalue weighted by molar-refractivity contribution is 0.0688. The number of fused-ring (bicyclic) bond motifs is 1. The zero-order valence-electron chi connectivity index (χ0n) is 14.7. The third-order valence-corrected chi connectivity index (χ3v) is 6.15. The first-order valence-corrected chi connectivity index (χ1v) is 9.28. The summed E-state index contributed by atoms with van der Waals surface area (Å²) in [5.41, 5.74) is 3.37. The molecule has 3 aliphatic rings. The van der Waals surface area contributed by atoms with Gasteiger partial charge in [-0.3, -0.25) is 4.90 Å². The maximum absolute atomic E-state index is 6.24. The Bertz CT molecular complexity index is 565. The summed E-state index contributed by atoms with van der Waals surface area (Å²) in [5.74, 6) is 1.17. The highest BCUT2D eigenvalue weighted by atomic mass is 16.5. The smallest absolute Gasteiger partial charge is 0.127 e. The standard InChI is InChI=1S/C20H30N2O/c1-19(2)14-16-4-3-5-17(18(16)23-19)15-22-12-8-20(9-13-22)6-10-21-11-7-20/h3-5,21H,6-15H2,1-2H3. The molecule has 0 atom stereocenters. The van der Waals surface area contributed by atoms with Crippen LogP contribution in [0.1, 0.15) is 50.7 Å². The molecule has 2 fully saturated rings. The summed E-state index contributed by atoms with van der Waals surface area (Å²) in [6.07, 6.45) is 6.52. The number of para-hydroxylation sites is 1. The number of hydrogen-bond acceptors (Lipinski definition) is 3. The molecule has 3 heteroatoms. The highest BCUT2D eigenvalue weighted by Gasteiger charge is 2.36. The molecule has 1 spiro atoms. The van der Waals surface area contributed by atoms with Gasteiger partial charge in [0.25, 0.3) is 0 Å². The molecule has 4 rings (SSSR count). The molecule has 2 saturated heterocycles. The van der Waals surface area contributed by atoms with Crippen LogP contribution in [0.3, 0.4) is 0 Å². The minimum Gasteiger partial charge on any atom is -0.487 e. The fourth-order valence-electron chi connectivity index (χ4n) is 4.69. The van der Waals surface area contributed by atoms with E-state index >= 15 is 0 Å². The molecule has 0 saturated carbocycles. The monoisotopic (exact) mass is 314 g/mol. The second-order valence-electron chi connectivity index (χ2n) is 8.47. The Kier molecular flexibility index (Phi) is 3.89. The quantitative estimate of drug-likeness (QED) is 0.906. The van der Waals surface area contributed by atoms with Gasteiger partial charge in [0, 0.05) is 18.5 Å². The Labute approximate surface area is 140 Å². The molecule has 0 bridgehead atoms. The van der Waals surface area contributed by atoms with Crippen LogP contribution in [-0.2, 0) is 13.0 Å². The summed E-state index contributed by atoms with van der Waals surface area (Å²) in [6.45, 7) is 10.4. The van der Waals surface area contributed by atoms with Crippen molar-refractivity contribution in [1.29, 1.82) is 0 Å². The summed E-state index contributed by atoms with van der Waals surface area (Å²) >= 11 is 0. The highest BCUT2D eigenvalue weighted by Crippen LogP contribution is 2.41. The number of ether oxygens (including phenoxy) is 1. The lowest BCUT2D eigenvalue weighted by atomic mass is 9.71. The van der Waals surface area contributed by atoms with Crippen LogP contribution in [0.25, 0.3) is 0 Å². The third-order valence-electron chi connectivity index (χ3n) is 6.15. The fourth-order valence-corrected chi connectivity index (χ4v) is 4.69. The summed E-state index contributed by atoms with van der Waals surface area (Å²) in [5, 5.41) is 3.51. The molecule has 3 aliphatic heterocycles. The van der Waals surface area contributed by atoms with Crippen LogP contribution in [0, 0.1) is 5.41 Å². The number of likely N-dealkylation sites (tertiary alicyclic amines) is 1. The van der Waals surface area contributed by atoms with E-state index in [1.807, 2.05) is 0 Å². The van der Waals surface area contributed by atoms with E-state index in [1.54, 1.807) is 0 Å². The topological polar surface area (TPSA) is 24.5 Å². The third kappa shape index (κ3) is 3.14. The van der Waals surface area contributed by atoms with Gasteiger partial charge in [-0.1, -0.05) is 18.2 Å². The van der Waals surface area contributed by atoms with Gasteiger partial charge >= 0.3 is 0 Å². The number of nitrogens with zero attached hydrogens (tertiary/aromatic N) is 1. The fraction of sp³-hybridized carbons (Fsp3) is 0.700. The lowest BCUT2D eigenvalue weighted by Gasteiger charge is -2.44. The Balaban J connectivity index is 1.42. The second-order valence-corrected chi connectivity index (χ2v) is 8.47. The Morgan fingerprint density at radius 3 is 2.57 bits per heavy atom. The van der Waals surface area contributed by atoms with Crippen LogP contribution in [0.15, 0.2) is 18.2 Å². The molecule has 0 unspecified atom stereocenters. The number of benzene rings is 1. The van der Waals surface area contributed by atoms with E-state index in [9.17, 15) is 0 Å². The summed E-state index contributed by atoms with van der Waals surface area (Å²) < 4.78 is 6.24. The first kappa shape index (κ1) is 15.5. The van der Waals surface area contributed by atoms with Crippen molar-refractivity contribution in [2.45, 2.75) is 58.1 Å². The SMILES string of the molecule is CC1(C)Cc2cccc(CN3CCC4(CCNCC4)CC3)c2O1. The van der Waals surface area contributed by atoms with Crippen LogP contribution >= 0.6 is 0 Å².